The van der Waals surface area contributed by atoms with Crippen LogP contribution >= 0.6 is 0 Å². The van der Waals surface area contributed by atoms with Gasteiger partial charge in [0.05, 0.1) is 18.5 Å². The van der Waals surface area contributed by atoms with Crippen molar-refractivity contribution in [2.45, 2.75) is 175 Å². The number of hydrogen-bond donors (Lipinski definition) is 1. The highest BCUT2D eigenvalue weighted by atomic mass is 28.4. The summed E-state index contributed by atoms with van der Waals surface area (Å²) in [6, 6.07) is 25.9. The standard InChI is InChI=1S/C57H80N2O10Si/c1-12-21-42(52(63)50(62)33-44(54(65)68-56(4,5)6)30-39-22-15-13-16-23-39)32-48(60)47-34-45(67-55(66)58-29-28-41-26-19-20-27-43(41)36-58)37-59(47)53(64)46(38(2)3)35-49(61)51(31-40-24-17-14-18-25-40)69-70(10,11)57(7,8)9/h13-20,22-27,38,42,44-47,51-52,63H,12,21,28-37H2,1-11H3/t42?,44-,45+,46-,47-,51-,52?/m0/s1. The Bertz CT molecular complexity index is 2250. The van der Waals surface area contributed by atoms with E-state index < -0.39 is 79.8 Å². The molecular weight excluding hydrogens is 901 g/mol. The Morgan fingerprint density at radius 3 is 1.93 bits per heavy atom. The molecule has 1 fully saturated rings. The Kier molecular flexibility index (Phi) is 19.5. The minimum atomic E-state index is -2.46. The fraction of sp³-hybridized carbons (Fsp3) is 0.579. The number of rotatable bonds is 22. The molecule has 2 aliphatic rings. The van der Waals surface area contributed by atoms with Crippen molar-refractivity contribution in [3.63, 3.8) is 0 Å². The number of carbonyl (C=O) groups is 6. The summed E-state index contributed by atoms with van der Waals surface area (Å²) in [5.74, 6) is -4.93. The maximum absolute atomic E-state index is 15.1. The summed E-state index contributed by atoms with van der Waals surface area (Å²) >= 11 is 0. The summed E-state index contributed by atoms with van der Waals surface area (Å²) in [6.45, 7) is 22.3. The van der Waals surface area contributed by atoms with Gasteiger partial charge in [0.1, 0.15) is 23.9 Å². The van der Waals surface area contributed by atoms with Crippen LogP contribution in [0, 0.1) is 23.7 Å². The van der Waals surface area contributed by atoms with Crippen LogP contribution in [0.3, 0.4) is 0 Å². The third-order valence-corrected chi connectivity index (χ3v) is 18.9. The fourth-order valence-corrected chi connectivity index (χ4v) is 10.6. The molecule has 0 spiro atoms. The molecule has 0 aliphatic carbocycles. The molecule has 3 aromatic rings. The number of aliphatic hydroxyl groups excluding tert-OH is 1. The number of Topliss-reactive ketones (excluding diaryl/α,β-unsaturated/α-hetero) is 3. The van der Waals surface area contributed by atoms with Crippen molar-refractivity contribution in [3.8, 4) is 0 Å². The van der Waals surface area contributed by atoms with Crippen LogP contribution in [0.1, 0.15) is 123 Å². The van der Waals surface area contributed by atoms with E-state index in [1.807, 2.05) is 106 Å². The monoisotopic (exact) mass is 981 g/mol. The number of nitrogens with zero attached hydrogens (tertiary/aromatic N) is 2. The smallest absolute Gasteiger partial charge is 0.410 e. The zero-order chi connectivity index (χ0) is 51.6. The second-order valence-electron chi connectivity index (χ2n) is 22.5. The van der Waals surface area contributed by atoms with Gasteiger partial charge in [0, 0.05) is 51.1 Å². The molecule has 12 nitrogen and oxygen atoms in total. The molecule has 7 atom stereocenters. The first-order valence-electron chi connectivity index (χ1n) is 25.4. The summed E-state index contributed by atoms with van der Waals surface area (Å²) in [4.78, 5) is 89.0. The average molecular weight is 981 g/mol. The van der Waals surface area contributed by atoms with E-state index in [-0.39, 0.29) is 61.2 Å². The van der Waals surface area contributed by atoms with E-state index in [2.05, 4.69) is 33.9 Å². The predicted molar refractivity (Wildman–Crippen MR) is 274 cm³/mol. The molecule has 0 saturated carbocycles. The van der Waals surface area contributed by atoms with Crippen LogP contribution in [-0.2, 0) is 63.7 Å². The van der Waals surface area contributed by atoms with Crippen molar-refractivity contribution >= 4 is 43.6 Å². The molecule has 0 aromatic heterocycles. The first-order chi connectivity index (χ1) is 32.9. The maximum atomic E-state index is 15.1. The number of fused-ring (bicyclic) bond motifs is 1. The number of carbonyl (C=O) groups excluding carboxylic acids is 6. The van der Waals surface area contributed by atoms with E-state index >= 15 is 4.79 Å². The van der Waals surface area contributed by atoms with Crippen LogP contribution < -0.4 is 0 Å². The summed E-state index contributed by atoms with van der Waals surface area (Å²) < 4.78 is 18.7. The molecule has 2 aliphatic heterocycles. The first-order valence-corrected chi connectivity index (χ1v) is 28.4. The Morgan fingerprint density at radius 2 is 1.36 bits per heavy atom. The minimum absolute atomic E-state index is 0.0191. The number of ether oxygens (including phenoxy) is 2. The highest BCUT2D eigenvalue weighted by molar-refractivity contribution is 6.74. The lowest BCUT2D eigenvalue weighted by Gasteiger charge is -2.39. The van der Waals surface area contributed by atoms with Crippen molar-refractivity contribution in [1.29, 1.82) is 0 Å². The van der Waals surface area contributed by atoms with Gasteiger partial charge in [-0.2, -0.15) is 0 Å². The number of aliphatic hydroxyl groups is 1. The molecule has 70 heavy (non-hydrogen) atoms. The van der Waals surface area contributed by atoms with Crippen molar-refractivity contribution < 1.29 is 47.8 Å². The molecule has 5 rings (SSSR count). The summed E-state index contributed by atoms with van der Waals surface area (Å²) in [7, 11) is -2.46. The molecule has 0 bridgehead atoms. The molecule has 1 saturated heterocycles. The third-order valence-electron chi connectivity index (χ3n) is 14.4. The number of ketones is 3. The van der Waals surface area contributed by atoms with Crippen molar-refractivity contribution in [2.24, 2.45) is 23.7 Å². The summed E-state index contributed by atoms with van der Waals surface area (Å²) in [5, 5.41) is 11.6. The largest absolute Gasteiger partial charge is 0.460 e. The Hall–Kier alpha value is -4.98. The van der Waals surface area contributed by atoms with E-state index in [9.17, 15) is 29.1 Å². The van der Waals surface area contributed by atoms with Crippen LogP contribution in [0.15, 0.2) is 84.9 Å². The molecule has 13 heteroatoms. The van der Waals surface area contributed by atoms with E-state index in [4.69, 9.17) is 13.9 Å². The highest BCUT2D eigenvalue weighted by Gasteiger charge is 2.47. The number of likely N-dealkylation sites (tertiary alicyclic amines) is 1. The van der Waals surface area contributed by atoms with Gasteiger partial charge in [-0.3, -0.25) is 24.0 Å². The average Bonchev–Trinajstić information content (AvgIpc) is 3.72. The van der Waals surface area contributed by atoms with Crippen LogP contribution in [0.25, 0.3) is 0 Å². The van der Waals surface area contributed by atoms with Crippen LogP contribution in [0.4, 0.5) is 4.79 Å². The van der Waals surface area contributed by atoms with Crippen molar-refractivity contribution in [3.05, 3.63) is 107 Å². The molecule has 382 valence electrons. The molecule has 2 heterocycles. The zero-order valence-electron chi connectivity index (χ0n) is 43.7. The first kappa shape index (κ1) is 55.9. The van der Waals surface area contributed by atoms with E-state index in [1.54, 1.807) is 25.7 Å². The van der Waals surface area contributed by atoms with Gasteiger partial charge in [-0.25, -0.2) is 4.79 Å². The van der Waals surface area contributed by atoms with Gasteiger partial charge < -0.3 is 28.8 Å². The number of hydrogen-bond acceptors (Lipinski definition) is 10. The van der Waals surface area contributed by atoms with Gasteiger partial charge in [-0.05, 0) is 92.3 Å². The molecule has 3 aromatic carbocycles. The summed E-state index contributed by atoms with van der Waals surface area (Å²) in [6.07, 6.45) is -2.26. The van der Waals surface area contributed by atoms with Crippen molar-refractivity contribution in [2.75, 3.05) is 13.1 Å². The second-order valence-corrected chi connectivity index (χ2v) is 27.3. The molecule has 0 radical (unpaired) electrons. The van der Waals surface area contributed by atoms with Gasteiger partial charge in [-0.15, -0.1) is 0 Å². The van der Waals surface area contributed by atoms with Crippen LogP contribution in [-0.4, -0.2) is 102 Å². The molecule has 1 N–H and O–H groups in total. The number of benzene rings is 3. The quantitative estimate of drug-likeness (QED) is 0.0760. The van der Waals surface area contributed by atoms with Gasteiger partial charge in [0.25, 0.3) is 0 Å². The van der Waals surface area contributed by atoms with Gasteiger partial charge in [0.2, 0.25) is 5.91 Å². The Balaban J connectivity index is 1.41. The van der Waals surface area contributed by atoms with Gasteiger partial charge >= 0.3 is 12.1 Å². The molecular formula is C57H80N2O10Si. The third kappa shape index (κ3) is 15.5. The lowest BCUT2D eigenvalue weighted by molar-refractivity contribution is -0.161. The molecule has 2 amide bonds. The maximum Gasteiger partial charge on any atom is 0.410 e. The van der Waals surface area contributed by atoms with Gasteiger partial charge in [-0.1, -0.05) is 133 Å². The van der Waals surface area contributed by atoms with E-state index in [1.165, 1.54) is 10.5 Å². The topological polar surface area (TPSA) is 157 Å². The van der Waals surface area contributed by atoms with Gasteiger partial charge in [0.15, 0.2) is 25.7 Å². The zero-order valence-corrected chi connectivity index (χ0v) is 44.7. The van der Waals surface area contributed by atoms with Crippen LogP contribution in [0.5, 0.6) is 0 Å². The highest BCUT2D eigenvalue weighted by Crippen LogP contribution is 2.39. The minimum Gasteiger partial charge on any atom is -0.460 e. The predicted octanol–water partition coefficient (Wildman–Crippen LogP) is 9.91. The second kappa shape index (κ2) is 24.4. The lowest BCUT2D eigenvalue weighted by Crippen LogP contribution is -2.49. The normalized spacial score (nSPS) is 18.6. The number of amides is 2. The van der Waals surface area contributed by atoms with E-state index in [0.717, 1.165) is 16.7 Å². The Morgan fingerprint density at radius 1 is 0.771 bits per heavy atom. The SMILES string of the molecule is CCCC(CC(=O)[C@@H]1C[C@@H](OC(=O)N2CCc3ccccc3C2)CN1C(=O)[C@@H](CC(=O)[C@H](Cc1ccccc1)O[Si](C)(C)C(C)(C)C)C(C)C)C(O)C(=O)C[C@H](Cc1ccccc1)C(=O)OC(C)(C)C. The summed E-state index contributed by atoms with van der Waals surface area (Å²) in [5.41, 5.74) is 3.18. The number of esters is 1. The molecule has 2 unspecified atom stereocenters. The Labute approximate surface area is 418 Å². The van der Waals surface area contributed by atoms with Crippen molar-refractivity contribution in [1.82, 2.24) is 9.80 Å². The van der Waals surface area contributed by atoms with E-state index in [0.29, 0.717) is 38.8 Å². The lowest BCUT2D eigenvalue weighted by atomic mass is 9.83. The fourth-order valence-electron chi connectivity index (χ4n) is 9.34. The van der Waals surface area contributed by atoms with Crippen LogP contribution in [0.2, 0.25) is 18.1 Å².